The molecule has 2 nitrogen and oxygen atoms in total. The lowest BCUT2D eigenvalue weighted by Gasteiger charge is -2.22. The standard InChI is InChI=1S/C20H19O2P/c1-21-16-22-19-14-8-9-15-20(19)23(17-10-4-2-5-11-17)18-12-6-3-7-13-18/h2-15H,16H2,1H3. The summed E-state index contributed by atoms with van der Waals surface area (Å²) >= 11 is 0. The van der Waals surface area contributed by atoms with Crippen molar-refractivity contribution in [3.63, 3.8) is 0 Å². The Morgan fingerprint density at radius 2 is 1.22 bits per heavy atom. The summed E-state index contributed by atoms with van der Waals surface area (Å²) in [4.78, 5) is 0. The number of hydrogen-bond acceptors (Lipinski definition) is 2. The highest BCUT2D eigenvalue weighted by molar-refractivity contribution is 7.80. The minimum atomic E-state index is -0.664. The van der Waals surface area contributed by atoms with E-state index in [4.69, 9.17) is 9.47 Å². The van der Waals surface area contributed by atoms with Crippen molar-refractivity contribution in [2.24, 2.45) is 0 Å². The third kappa shape index (κ3) is 3.79. The molecule has 3 rings (SSSR count). The Morgan fingerprint density at radius 1 is 0.696 bits per heavy atom. The number of rotatable bonds is 6. The van der Waals surface area contributed by atoms with E-state index in [0.29, 0.717) is 0 Å². The summed E-state index contributed by atoms with van der Waals surface area (Å²) in [6.07, 6.45) is 0. The van der Waals surface area contributed by atoms with E-state index in [-0.39, 0.29) is 6.79 Å². The van der Waals surface area contributed by atoms with Crippen LogP contribution in [0.2, 0.25) is 0 Å². The summed E-state index contributed by atoms with van der Waals surface area (Å²) in [5.74, 6) is 0.883. The van der Waals surface area contributed by atoms with Crippen LogP contribution in [0.4, 0.5) is 0 Å². The number of hydrogen-bond donors (Lipinski definition) is 0. The van der Waals surface area contributed by atoms with Crippen LogP contribution in [-0.4, -0.2) is 13.9 Å². The number of ether oxygens (including phenoxy) is 2. The van der Waals surface area contributed by atoms with Gasteiger partial charge in [0.1, 0.15) is 5.75 Å². The lowest BCUT2D eigenvalue weighted by molar-refractivity contribution is 0.0519. The molecule has 0 aromatic heterocycles. The zero-order valence-electron chi connectivity index (χ0n) is 13.1. The van der Waals surface area contributed by atoms with E-state index in [0.717, 1.165) is 5.75 Å². The van der Waals surface area contributed by atoms with Gasteiger partial charge in [0, 0.05) is 12.4 Å². The zero-order valence-corrected chi connectivity index (χ0v) is 13.9. The van der Waals surface area contributed by atoms with E-state index in [1.165, 1.54) is 15.9 Å². The van der Waals surface area contributed by atoms with Gasteiger partial charge >= 0.3 is 0 Å². The molecule has 23 heavy (non-hydrogen) atoms. The Hall–Kier alpha value is -2.15. The van der Waals surface area contributed by atoms with Gasteiger partial charge < -0.3 is 9.47 Å². The Bertz CT molecular complexity index is 689. The van der Waals surface area contributed by atoms with Crippen molar-refractivity contribution in [3.8, 4) is 5.75 Å². The molecule has 0 saturated heterocycles. The van der Waals surface area contributed by atoms with E-state index in [9.17, 15) is 0 Å². The van der Waals surface area contributed by atoms with Gasteiger partial charge in [-0.15, -0.1) is 0 Å². The average Bonchev–Trinajstić information content (AvgIpc) is 2.63. The predicted octanol–water partition coefficient (Wildman–Crippen LogP) is 3.43. The highest BCUT2D eigenvalue weighted by Crippen LogP contribution is 2.36. The third-order valence-electron chi connectivity index (χ3n) is 3.47. The van der Waals surface area contributed by atoms with Crippen molar-refractivity contribution in [1.82, 2.24) is 0 Å². The predicted molar refractivity (Wildman–Crippen MR) is 97.7 cm³/mol. The molecule has 0 bridgehead atoms. The van der Waals surface area contributed by atoms with Gasteiger partial charge in [0.15, 0.2) is 6.79 Å². The largest absolute Gasteiger partial charge is 0.467 e. The van der Waals surface area contributed by atoms with Gasteiger partial charge in [0.2, 0.25) is 0 Å². The Labute approximate surface area is 138 Å². The third-order valence-corrected chi connectivity index (χ3v) is 5.95. The molecular formula is C20H19O2P. The van der Waals surface area contributed by atoms with Crippen molar-refractivity contribution >= 4 is 23.8 Å². The highest BCUT2D eigenvalue weighted by Gasteiger charge is 2.19. The van der Waals surface area contributed by atoms with Crippen molar-refractivity contribution in [2.75, 3.05) is 13.9 Å². The molecule has 3 heteroatoms. The average molecular weight is 322 g/mol. The van der Waals surface area contributed by atoms with Crippen molar-refractivity contribution in [1.29, 1.82) is 0 Å². The van der Waals surface area contributed by atoms with Gasteiger partial charge in [-0.1, -0.05) is 78.9 Å². The first kappa shape index (κ1) is 15.7. The van der Waals surface area contributed by atoms with Crippen LogP contribution in [-0.2, 0) is 4.74 Å². The van der Waals surface area contributed by atoms with Crippen LogP contribution in [0.25, 0.3) is 0 Å². The molecule has 0 N–H and O–H groups in total. The fourth-order valence-electron chi connectivity index (χ4n) is 2.47. The first-order chi connectivity index (χ1) is 11.4. The molecule has 0 aliphatic carbocycles. The zero-order chi connectivity index (χ0) is 15.9. The maximum Gasteiger partial charge on any atom is 0.188 e. The Morgan fingerprint density at radius 3 is 1.78 bits per heavy atom. The lowest BCUT2D eigenvalue weighted by atomic mass is 10.3. The normalized spacial score (nSPS) is 10.7. The first-order valence-electron chi connectivity index (χ1n) is 7.51. The van der Waals surface area contributed by atoms with E-state index >= 15 is 0 Å². The van der Waals surface area contributed by atoms with Crippen LogP contribution in [0.15, 0.2) is 84.9 Å². The summed E-state index contributed by atoms with van der Waals surface area (Å²) < 4.78 is 10.9. The van der Waals surface area contributed by atoms with Gasteiger partial charge in [0.25, 0.3) is 0 Å². The van der Waals surface area contributed by atoms with Gasteiger partial charge in [-0.2, -0.15) is 0 Å². The number of para-hydroxylation sites is 1. The minimum absolute atomic E-state index is 0.254. The maximum absolute atomic E-state index is 5.80. The summed E-state index contributed by atoms with van der Waals surface area (Å²) in [7, 11) is 0.975. The Kier molecular flexibility index (Phi) is 5.42. The molecule has 0 aliphatic heterocycles. The smallest absolute Gasteiger partial charge is 0.188 e. The van der Waals surface area contributed by atoms with E-state index in [1.807, 2.05) is 12.1 Å². The monoisotopic (exact) mass is 322 g/mol. The Balaban J connectivity index is 2.10. The first-order valence-corrected chi connectivity index (χ1v) is 8.85. The molecule has 3 aromatic carbocycles. The van der Waals surface area contributed by atoms with Gasteiger partial charge in [-0.25, -0.2) is 0 Å². The second-order valence-electron chi connectivity index (χ2n) is 5.03. The molecule has 0 amide bonds. The van der Waals surface area contributed by atoms with Crippen LogP contribution in [0.3, 0.4) is 0 Å². The molecule has 0 radical (unpaired) electrons. The van der Waals surface area contributed by atoms with Crippen molar-refractivity contribution in [2.45, 2.75) is 0 Å². The molecule has 3 aromatic rings. The fraction of sp³-hybridized carbons (Fsp3) is 0.100. The fourth-order valence-corrected chi connectivity index (χ4v) is 4.86. The summed E-state index contributed by atoms with van der Waals surface area (Å²) in [6.45, 7) is 0.254. The van der Waals surface area contributed by atoms with E-state index < -0.39 is 7.92 Å². The molecule has 0 aliphatic rings. The molecular weight excluding hydrogens is 303 g/mol. The second kappa shape index (κ2) is 7.92. The van der Waals surface area contributed by atoms with Crippen LogP contribution in [0.1, 0.15) is 0 Å². The number of methoxy groups -OCH3 is 1. The van der Waals surface area contributed by atoms with Crippen LogP contribution in [0.5, 0.6) is 5.75 Å². The topological polar surface area (TPSA) is 18.5 Å². The van der Waals surface area contributed by atoms with E-state index in [1.54, 1.807) is 7.11 Å². The second-order valence-corrected chi connectivity index (χ2v) is 7.21. The molecule has 0 fully saturated rings. The number of benzene rings is 3. The van der Waals surface area contributed by atoms with Crippen LogP contribution in [0, 0.1) is 0 Å². The van der Waals surface area contributed by atoms with Gasteiger partial charge in [-0.05, 0) is 24.6 Å². The molecule has 0 atom stereocenters. The quantitative estimate of drug-likeness (QED) is 0.511. The highest BCUT2D eigenvalue weighted by atomic mass is 31.1. The summed E-state index contributed by atoms with van der Waals surface area (Å²) in [5, 5.41) is 3.82. The van der Waals surface area contributed by atoms with Crippen molar-refractivity contribution in [3.05, 3.63) is 84.9 Å². The van der Waals surface area contributed by atoms with Gasteiger partial charge in [-0.3, -0.25) is 0 Å². The van der Waals surface area contributed by atoms with Crippen LogP contribution >= 0.6 is 7.92 Å². The molecule has 0 saturated carbocycles. The van der Waals surface area contributed by atoms with Crippen LogP contribution < -0.4 is 20.7 Å². The SMILES string of the molecule is COCOc1ccccc1P(c1ccccc1)c1ccccc1. The maximum atomic E-state index is 5.80. The minimum Gasteiger partial charge on any atom is -0.467 e. The molecule has 0 spiro atoms. The van der Waals surface area contributed by atoms with E-state index in [2.05, 4.69) is 72.8 Å². The molecule has 0 unspecified atom stereocenters. The van der Waals surface area contributed by atoms with Crippen molar-refractivity contribution < 1.29 is 9.47 Å². The molecule has 116 valence electrons. The summed E-state index contributed by atoms with van der Waals surface area (Å²) in [6, 6.07) is 29.4. The lowest BCUT2D eigenvalue weighted by Crippen LogP contribution is -2.22. The summed E-state index contributed by atoms with van der Waals surface area (Å²) in [5.41, 5.74) is 0. The molecule has 0 heterocycles. The van der Waals surface area contributed by atoms with Gasteiger partial charge in [0.05, 0.1) is 0 Å².